The Morgan fingerprint density at radius 2 is 2.10 bits per heavy atom. The summed E-state index contributed by atoms with van der Waals surface area (Å²) in [6.45, 7) is 2.85. The summed E-state index contributed by atoms with van der Waals surface area (Å²) < 4.78 is 0. The van der Waals surface area contributed by atoms with Crippen LogP contribution in [0.3, 0.4) is 0 Å². The molecular weight excluding hydrogens is 274 g/mol. The van der Waals surface area contributed by atoms with Crippen LogP contribution in [0.4, 0.5) is 10.5 Å². The van der Waals surface area contributed by atoms with Gasteiger partial charge in [0.1, 0.15) is 5.69 Å². The van der Waals surface area contributed by atoms with E-state index in [2.05, 4.69) is 10.3 Å². The number of carboxylic acid groups (broad SMARTS) is 1. The maximum atomic E-state index is 12.1. The van der Waals surface area contributed by atoms with E-state index in [1.165, 1.54) is 18.3 Å². The van der Waals surface area contributed by atoms with Gasteiger partial charge in [-0.15, -0.1) is 0 Å². The third kappa shape index (κ3) is 4.16. The van der Waals surface area contributed by atoms with Crippen LogP contribution < -0.4 is 5.32 Å². The van der Waals surface area contributed by atoms with E-state index >= 15 is 0 Å². The normalized spacial score (nSPS) is 22.5. The molecule has 1 aliphatic rings. The number of carboxylic acids is 1. The summed E-state index contributed by atoms with van der Waals surface area (Å²) in [7, 11) is 0. The van der Waals surface area contributed by atoms with Crippen LogP contribution in [0.15, 0.2) is 18.3 Å². The molecule has 1 unspecified atom stereocenters. The zero-order chi connectivity index (χ0) is 15.5. The fourth-order valence-corrected chi connectivity index (χ4v) is 2.26. The van der Waals surface area contributed by atoms with Crippen molar-refractivity contribution in [2.24, 2.45) is 0 Å². The van der Waals surface area contributed by atoms with Gasteiger partial charge in [-0.25, -0.2) is 14.6 Å². The second kappa shape index (κ2) is 6.09. The van der Waals surface area contributed by atoms with Crippen LogP contribution in [0.5, 0.6) is 0 Å². The van der Waals surface area contributed by atoms with Crippen molar-refractivity contribution < 1.29 is 19.8 Å². The predicted molar refractivity (Wildman–Crippen MR) is 76.3 cm³/mol. The lowest BCUT2D eigenvalue weighted by molar-refractivity contribution is 0.0458. The van der Waals surface area contributed by atoms with Crippen LogP contribution in [0.1, 0.15) is 36.7 Å². The number of likely N-dealkylation sites (tertiary alicyclic amines) is 1. The molecule has 2 heterocycles. The van der Waals surface area contributed by atoms with Crippen molar-refractivity contribution in [3.8, 4) is 0 Å². The summed E-state index contributed by atoms with van der Waals surface area (Å²) in [5.41, 5.74) is -0.348. The standard InChI is InChI=1S/C14H19N3O4/c1-14(21)5-2-7-17(8-6-14)13(20)16-10-3-4-11(12(18)19)15-9-10/h3-4,9,21H,2,5-8H2,1H3,(H,16,20)(H,18,19). The average Bonchev–Trinajstić information content (AvgIpc) is 2.60. The van der Waals surface area contributed by atoms with E-state index in [0.29, 0.717) is 31.6 Å². The zero-order valence-corrected chi connectivity index (χ0v) is 11.9. The number of nitrogens with one attached hydrogen (secondary N) is 1. The Morgan fingerprint density at radius 1 is 1.33 bits per heavy atom. The Morgan fingerprint density at radius 3 is 2.71 bits per heavy atom. The van der Waals surface area contributed by atoms with E-state index in [1.54, 1.807) is 11.8 Å². The number of rotatable bonds is 2. The van der Waals surface area contributed by atoms with Crippen molar-refractivity contribution in [2.75, 3.05) is 18.4 Å². The highest BCUT2D eigenvalue weighted by molar-refractivity contribution is 5.90. The molecule has 0 spiro atoms. The van der Waals surface area contributed by atoms with Gasteiger partial charge < -0.3 is 20.4 Å². The lowest BCUT2D eigenvalue weighted by Crippen LogP contribution is -2.36. The maximum absolute atomic E-state index is 12.1. The monoisotopic (exact) mass is 293 g/mol. The number of amides is 2. The highest BCUT2D eigenvalue weighted by atomic mass is 16.4. The molecule has 1 saturated heterocycles. The molecule has 2 rings (SSSR count). The van der Waals surface area contributed by atoms with Crippen LogP contribution in [0.25, 0.3) is 0 Å². The summed E-state index contributed by atoms with van der Waals surface area (Å²) >= 11 is 0. The van der Waals surface area contributed by atoms with Gasteiger partial charge >= 0.3 is 12.0 Å². The van der Waals surface area contributed by atoms with Crippen LogP contribution in [0.2, 0.25) is 0 Å². The van der Waals surface area contributed by atoms with E-state index in [0.717, 1.165) is 6.42 Å². The fraction of sp³-hybridized carbons (Fsp3) is 0.500. The molecule has 0 saturated carbocycles. The number of nitrogens with zero attached hydrogens (tertiary/aromatic N) is 2. The first-order chi connectivity index (χ1) is 9.87. The number of urea groups is 1. The number of carbonyl (C=O) groups is 2. The highest BCUT2D eigenvalue weighted by Crippen LogP contribution is 2.21. The van der Waals surface area contributed by atoms with Gasteiger partial charge in [0.15, 0.2) is 0 Å². The van der Waals surface area contributed by atoms with Crippen LogP contribution in [-0.2, 0) is 0 Å². The van der Waals surface area contributed by atoms with Crippen molar-refractivity contribution in [1.29, 1.82) is 0 Å². The molecule has 1 aromatic heterocycles. The van der Waals surface area contributed by atoms with Gasteiger partial charge in [-0.05, 0) is 38.3 Å². The molecule has 21 heavy (non-hydrogen) atoms. The third-order valence-electron chi connectivity index (χ3n) is 3.58. The molecule has 3 N–H and O–H groups in total. The van der Waals surface area contributed by atoms with Crippen molar-refractivity contribution in [2.45, 2.75) is 31.8 Å². The smallest absolute Gasteiger partial charge is 0.354 e. The van der Waals surface area contributed by atoms with Crippen molar-refractivity contribution in [3.63, 3.8) is 0 Å². The largest absolute Gasteiger partial charge is 0.477 e. The first-order valence-electron chi connectivity index (χ1n) is 6.85. The van der Waals surface area contributed by atoms with Gasteiger partial charge in [0, 0.05) is 13.1 Å². The predicted octanol–water partition coefficient (Wildman–Crippen LogP) is 1.55. The van der Waals surface area contributed by atoms with E-state index in [9.17, 15) is 14.7 Å². The molecule has 1 aliphatic heterocycles. The van der Waals surface area contributed by atoms with Gasteiger partial charge in [-0.3, -0.25) is 0 Å². The molecule has 0 aliphatic carbocycles. The Balaban J connectivity index is 1.96. The second-order valence-electron chi connectivity index (χ2n) is 5.50. The molecule has 1 fully saturated rings. The summed E-state index contributed by atoms with van der Waals surface area (Å²) in [5.74, 6) is -1.11. The van der Waals surface area contributed by atoms with Crippen LogP contribution in [0, 0.1) is 0 Å². The van der Waals surface area contributed by atoms with E-state index in [4.69, 9.17) is 5.11 Å². The molecule has 7 nitrogen and oxygen atoms in total. The Hall–Kier alpha value is -2.15. The van der Waals surface area contributed by atoms with Crippen molar-refractivity contribution >= 4 is 17.7 Å². The molecule has 1 aromatic rings. The molecule has 0 bridgehead atoms. The topological polar surface area (TPSA) is 103 Å². The Kier molecular flexibility index (Phi) is 4.42. The molecule has 0 aromatic carbocycles. The molecule has 114 valence electrons. The molecule has 0 radical (unpaired) electrons. The first-order valence-corrected chi connectivity index (χ1v) is 6.85. The van der Waals surface area contributed by atoms with Gasteiger partial charge in [0.25, 0.3) is 0 Å². The maximum Gasteiger partial charge on any atom is 0.354 e. The number of aliphatic hydroxyl groups is 1. The Labute approximate surface area is 122 Å². The third-order valence-corrected chi connectivity index (χ3v) is 3.58. The van der Waals surface area contributed by atoms with E-state index in [-0.39, 0.29) is 11.7 Å². The van der Waals surface area contributed by atoms with Gasteiger partial charge in [-0.2, -0.15) is 0 Å². The quantitative estimate of drug-likeness (QED) is 0.767. The zero-order valence-electron chi connectivity index (χ0n) is 11.9. The van der Waals surface area contributed by atoms with E-state index < -0.39 is 11.6 Å². The summed E-state index contributed by atoms with van der Waals surface area (Å²) in [6, 6.07) is 2.57. The second-order valence-corrected chi connectivity index (χ2v) is 5.50. The minimum Gasteiger partial charge on any atom is -0.477 e. The molecule has 1 atom stereocenters. The fourth-order valence-electron chi connectivity index (χ4n) is 2.26. The van der Waals surface area contributed by atoms with E-state index in [1.807, 2.05) is 0 Å². The number of anilines is 1. The SMILES string of the molecule is CC1(O)CCCN(C(=O)Nc2ccc(C(=O)O)nc2)CC1. The minimum atomic E-state index is -1.11. The number of hydrogen-bond acceptors (Lipinski definition) is 4. The Bertz CT molecular complexity index is 528. The summed E-state index contributed by atoms with van der Waals surface area (Å²) in [5, 5.41) is 21.4. The molecule has 2 amide bonds. The number of aromatic carboxylic acids is 1. The average molecular weight is 293 g/mol. The number of carbonyl (C=O) groups excluding carboxylic acids is 1. The van der Waals surface area contributed by atoms with Crippen molar-refractivity contribution in [3.05, 3.63) is 24.0 Å². The first kappa shape index (κ1) is 15.2. The number of pyridine rings is 1. The van der Waals surface area contributed by atoms with Gasteiger partial charge in [-0.1, -0.05) is 0 Å². The van der Waals surface area contributed by atoms with Gasteiger partial charge in [0.2, 0.25) is 0 Å². The minimum absolute atomic E-state index is 0.0705. The highest BCUT2D eigenvalue weighted by Gasteiger charge is 2.27. The summed E-state index contributed by atoms with van der Waals surface area (Å²) in [6.07, 6.45) is 3.27. The lowest BCUT2D eigenvalue weighted by atomic mass is 9.98. The lowest BCUT2D eigenvalue weighted by Gasteiger charge is -2.22. The number of aromatic nitrogens is 1. The van der Waals surface area contributed by atoms with Crippen LogP contribution in [-0.4, -0.2) is 50.8 Å². The summed E-state index contributed by atoms with van der Waals surface area (Å²) in [4.78, 5) is 28.2. The number of hydrogen-bond donors (Lipinski definition) is 3. The van der Waals surface area contributed by atoms with Crippen molar-refractivity contribution in [1.82, 2.24) is 9.88 Å². The molecule has 7 heteroatoms. The van der Waals surface area contributed by atoms with Gasteiger partial charge in [0.05, 0.1) is 17.5 Å². The van der Waals surface area contributed by atoms with Crippen LogP contribution >= 0.6 is 0 Å². The molecular formula is C14H19N3O4.